The van der Waals surface area contributed by atoms with Crippen LogP contribution in [-0.4, -0.2) is 43.2 Å². The first-order valence-corrected chi connectivity index (χ1v) is 6.44. The van der Waals surface area contributed by atoms with Crippen LogP contribution in [0.3, 0.4) is 0 Å². The van der Waals surface area contributed by atoms with Crippen LogP contribution < -0.4 is 10.6 Å². The molecule has 0 aromatic heterocycles. The first-order valence-electron chi connectivity index (χ1n) is 6.44. The van der Waals surface area contributed by atoms with Gasteiger partial charge in [-0.25, -0.2) is 9.59 Å². The van der Waals surface area contributed by atoms with Crippen LogP contribution in [0, 0.1) is 5.92 Å². The monoisotopic (exact) mass is 292 g/mol. The summed E-state index contributed by atoms with van der Waals surface area (Å²) >= 11 is 0. The van der Waals surface area contributed by atoms with Crippen molar-refractivity contribution in [1.82, 2.24) is 0 Å². The predicted octanol–water partition coefficient (Wildman–Crippen LogP) is 0.483. The Balaban J connectivity index is 2.48. The fourth-order valence-electron chi connectivity index (χ4n) is 2.34. The number of carbonyl (C=O) groups excluding carboxylic acids is 2. The average molecular weight is 292 g/mol. The van der Waals surface area contributed by atoms with Gasteiger partial charge in [0.15, 0.2) is 0 Å². The van der Waals surface area contributed by atoms with Gasteiger partial charge in [-0.15, -0.1) is 0 Å². The zero-order valence-corrected chi connectivity index (χ0v) is 11.5. The Hall–Kier alpha value is -2.41. The Morgan fingerprint density at radius 1 is 1.48 bits per heavy atom. The van der Waals surface area contributed by atoms with Crippen LogP contribution >= 0.6 is 0 Å². The van der Waals surface area contributed by atoms with Crippen LogP contribution in [0.25, 0.3) is 0 Å². The molecule has 0 spiro atoms. The number of hydrogen-bond donors (Lipinski definition) is 2. The molecule has 0 aliphatic carbocycles. The summed E-state index contributed by atoms with van der Waals surface area (Å²) in [5, 5.41) is 9.06. The number of nitrogens with two attached hydrogens (primary N) is 1. The molecule has 2 rings (SSSR count). The number of amides is 1. The first-order chi connectivity index (χ1) is 9.97. The van der Waals surface area contributed by atoms with Gasteiger partial charge in [0.1, 0.15) is 0 Å². The van der Waals surface area contributed by atoms with Crippen molar-refractivity contribution in [3.05, 3.63) is 29.3 Å². The SMILES string of the molecule is COC(=O)c1ccc(C(=O)O)cc1N1CC(CN)CC1=O. The first kappa shape index (κ1) is 15.0. The van der Waals surface area contributed by atoms with Gasteiger partial charge < -0.3 is 20.5 Å². The quantitative estimate of drug-likeness (QED) is 0.781. The number of anilines is 1. The number of benzene rings is 1. The lowest BCUT2D eigenvalue weighted by atomic mass is 10.1. The molecular weight excluding hydrogens is 276 g/mol. The number of rotatable bonds is 4. The number of ether oxygens (including phenoxy) is 1. The fourth-order valence-corrected chi connectivity index (χ4v) is 2.34. The number of carbonyl (C=O) groups is 3. The number of nitrogens with zero attached hydrogens (tertiary/aromatic N) is 1. The Labute approximate surface area is 121 Å². The van der Waals surface area contributed by atoms with Crippen LogP contribution in [0.15, 0.2) is 18.2 Å². The van der Waals surface area contributed by atoms with Crippen molar-refractivity contribution >= 4 is 23.5 Å². The van der Waals surface area contributed by atoms with Gasteiger partial charge in [-0.05, 0) is 30.7 Å². The van der Waals surface area contributed by atoms with Crippen molar-refractivity contribution in [2.24, 2.45) is 11.7 Å². The van der Waals surface area contributed by atoms with Gasteiger partial charge >= 0.3 is 11.9 Å². The molecule has 0 saturated carbocycles. The molecule has 1 aromatic carbocycles. The molecule has 112 valence electrons. The third kappa shape index (κ3) is 2.87. The molecule has 1 heterocycles. The van der Waals surface area contributed by atoms with E-state index >= 15 is 0 Å². The maximum Gasteiger partial charge on any atom is 0.339 e. The summed E-state index contributed by atoms with van der Waals surface area (Å²) in [4.78, 5) is 36.3. The highest BCUT2D eigenvalue weighted by Crippen LogP contribution is 2.29. The van der Waals surface area contributed by atoms with Crippen LogP contribution in [-0.2, 0) is 9.53 Å². The molecule has 1 saturated heterocycles. The van der Waals surface area contributed by atoms with Crippen LogP contribution in [0.5, 0.6) is 0 Å². The van der Waals surface area contributed by atoms with E-state index in [1.807, 2.05) is 0 Å². The number of esters is 1. The summed E-state index contributed by atoms with van der Waals surface area (Å²) < 4.78 is 4.68. The summed E-state index contributed by atoms with van der Waals surface area (Å²) in [5.41, 5.74) is 5.99. The summed E-state index contributed by atoms with van der Waals surface area (Å²) in [6.07, 6.45) is 0.286. The second kappa shape index (κ2) is 5.92. The highest BCUT2D eigenvalue weighted by molar-refractivity contribution is 6.05. The van der Waals surface area contributed by atoms with E-state index in [4.69, 9.17) is 10.8 Å². The largest absolute Gasteiger partial charge is 0.478 e. The lowest BCUT2D eigenvalue weighted by Gasteiger charge is -2.20. The topological polar surface area (TPSA) is 110 Å². The number of hydrogen-bond acceptors (Lipinski definition) is 5. The van der Waals surface area contributed by atoms with Crippen molar-refractivity contribution in [3.8, 4) is 0 Å². The zero-order chi connectivity index (χ0) is 15.6. The van der Waals surface area contributed by atoms with Crippen LogP contribution in [0.1, 0.15) is 27.1 Å². The van der Waals surface area contributed by atoms with Gasteiger partial charge in [0.25, 0.3) is 0 Å². The van der Waals surface area contributed by atoms with E-state index in [2.05, 4.69) is 4.74 Å². The van der Waals surface area contributed by atoms with Crippen LogP contribution in [0.2, 0.25) is 0 Å². The van der Waals surface area contributed by atoms with E-state index < -0.39 is 11.9 Å². The molecule has 1 fully saturated rings. The van der Waals surface area contributed by atoms with E-state index in [9.17, 15) is 14.4 Å². The number of carboxylic acid groups (broad SMARTS) is 1. The van der Waals surface area contributed by atoms with Gasteiger partial charge in [-0.3, -0.25) is 4.79 Å². The van der Waals surface area contributed by atoms with E-state index in [1.54, 1.807) is 0 Å². The third-order valence-electron chi connectivity index (χ3n) is 3.48. The Morgan fingerprint density at radius 2 is 2.19 bits per heavy atom. The highest BCUT2D eigenvalue weighted by Gasteiger charge is 2.32. The smallest absolute Gasteiger partial charge is 0.339 e. The molecule has 0 bridgehead atoms. The highest BCUT2D eigenvalue weighted by atomic mass is 16.5. The molecule has 1 unspecified atom stereocenters. The average Bonchev–Trinajstić information content (AvgIpc) is 2.86. The summed E-state index contributed by atoms with van der Waals surface area (Å²) in [7, 11) is 1.23. The minimum absolute atomic E-state index is 0.00153. The van der Waals surface area contributed by atoms with Crippen molar-refractivity contribution < 1.29 is 24.2 Å². The van der Waals surface area contributed by atoms with Crippen molar-refractivity contribution in [3.63, 3.8) is 0 Å². The van der Waals surface area contributed by atoms with Crippen molar-refractivity contribution in [2.45, 2.75) is 6.42 Å². The maximum absolute atomic E-state index is 12.1. The Kier molecular flexibility index (Phi) is 4.23. The van der Waals surface area contributed by atoms with Crippen molar-refractivity contribution in [1.29, 1.82) is 0 Å². The molecule has 1 aliphatic rings. The molecule has 1 amide bonds. The molecule has 7 nitrogen and oxygen atoms in total. The summed E-state index contributed by atoms with van der Waals surface area (Å²) in [6, 6.07) is 3.97. The molecule has 1 aliphatic heterocycles. The molecular formula is C14H16N2O5. The fraction of sp³-hybridized carbons (Fsp3) is 0.357. The molecule has 21 heavy (non-hydrogen) atoms. The summed E-state index contributed by atoms with van der Waals surface area (Å²) in [6.45, 7) is 0.719. The van der Waals surface area contributed by atoms with Crippen molar-refractivity contribution in [2.75, 3.05) is 25.1 Å². The number of aromatic carboxylic acids is 1. The molecule has 0 radical (unpaired) electrons. The van der Waals surface area contributed by atoms with E-state index in [0.29, 0.717) is 13.1 Å². The third-order valence-corrected chi connectivity index (χ3v) is 3.48. The lowest BCUT2D eigenvalue weighted by Crippen LogP contribution is -2.28. The number of carboxylic acids is 1. The van der Waals surface area contributed by atoms with Gasteiger partial charge in [0, 0.05) is 13.0 Å². The van der Waals surface area contributed by atoms with Crippen LogP contribution in [0.4, 0.5) is 5.69 Å². The normalized spacial score (nSPS) is 17.9. The molecule has 3 N–H and O–H groups in total. The second-order valence-corrected chi connectivity index (χ2v) is 4.84. The van der Waals surface area contributed by atoms with Gasteiger partial charge in [0.2, 0.25) is 5.91 Å². The zero-order valence-electron chi connectivity index (χ0n) is 11.5. The summed E-state index contributed by atoms with van der Waals surface area (Å²) in [5.74, 6) is -1.93. The van der Waals surface area contributed by atoms with Gasteiger partial charge in [-0.2, -0.15) is 0 Å². The Morgan fingerprint density at radius 3 is 2.71 bits per heavy atom. The standard InChI is InChI=1S/C14H16N2O5/c1-21-14(20)10-3-2-9(13(18)19)5-11(10)16-7-8(6-15)4-12(16)17/h2-3,5,8H,4,6-7,15H2,1H3,(H,18,19). The predicted molar refractivity (Wildman–Crippen MR) is 74.3 cm³/mol. The Bertz CT molecular complexity index is 599. The minimum atomic E-state index is -1.13. The number of methoxy groups -OCH3 is 1. The van der Waals surface area contributed by atoms with E-state index in [-0.39, 0.29) is 35.1 Å². The molecule has 7 heteroatoms. The van der Waals surface area contributed by atoms with Gasteiger partial charge in [-0.1, -0.05) is 0 Å². The maximum atomic E-state index is 12.1. The van der Waals surface area contributed by atoms with E-state index in [0.717, 1.165) is 0 Å². The van der Waals surface area contributed by atoms with Gasteiger partial charge in [0.05, 0.1) is 23.9 Å². The lowest BCUT2D eigenvalue weighted by molar-refractivity contribution is -0.117. The van der Waals surface area contributed by atoms with E-state index in [1.165, 1.54) is 30.2 Å². The molecule has 1 aromatic rings. The molecule has 1 atom stereocenters. The minimum Gasteiger partial charge on any atom is -0.478 e. The second-order valence-electron chi connectivity index (χ2n) is 4.84.